The largest absolute Gasteiger partial charge is 0.352 e. The zero-order valence-electron chi connectivity index (χ0n) is 16.0. The number of hydrogen-bond acceptors (Lipinski definition) is 4. The number of aryl methyl sites for hydroxylation is 1. The number of halogens is 2. The summed E-state index contributed by atoms with van der Waals surface area (Å²) in [6.07, 6.45) is 0.0279. The number of fused-ring (bicyclic) bond motifs is 1. The van der Waals surface area contributed by atoms with Crippen LogP contribution in [0.2, 0.25) is 5.02 Å². The SMILES string of the molecule is CCn1nc(-c2ccc(Cl)c(F)c2)nc1CC(=O)NCc1ccc2[nH]c(=O)[nH]c2c1. The van der Waals surface area contributed by atoms with Gasteiger partial charge < -0.3 is 15.3 Å². The average Bonchev–Trinajstić information content (AvgIpc) is 3.30. The van der Waals surface area contributed by atoms with E-state index in [0.717, 1.165) is 5.56 Å². The number of carbonyl (C=O) groups is 1. The highest BCUT2D eigenvalue weighted by Crippen LogP contribution is 2.22. The van der Waals surface area contributed by atoms with Crippen molar-refractivity contribution in [3.63, 3.8) is 0 Å². The van der Waals surface area contributed by atoms with Crippen molar-refractivity contribution in [2.75, 3.05) is 0 Å². The lowest BCUT2D eigenvalue weighted by molar-refractivity contribution is -0.120. The number of H-pyrrole nitrogens is 2. The van der Waals surface area contributed by atoms with Crippen molar-refractivity contribution in [2.45, 2.75) is 26.4 Å². The van der Waals surface area contributed by atoms with Crippen LogP contribution in [-0.2, 0) is 24.3 Å². The van der Waals surface area contributed by atoms with Crippen LogP contribution in [0.4, 0.5) is 4.39 Å². The van der Waals surface area contributed by atoms with Crippen LogP contribution in [-0.4, -0.2) is 30.6 Å². The second kappa shape index (κ2) is 8.11. The highest BCUT2D eigenvalue weighted by atomic mass is 35.5. The van der Waals surface area contributed by atoms with Crippen LogP contribution in [0.1, 0.15) is 18.3 Å². The third-order valence-electron chi connectivity index (χ3n) is 4.61. The highest BCUT2D eigenvalue weighted by Gasteiger charge is 2.15. The molecule has 154 valence electrons. The Morgan fingerprint density at radius 2 is 2.00 bits per heavy atom. The minimum Gasteiger partial charge on any atom is -0.352 e. The second-order valence-corrected chi connectivity index (χ2v) is 7.12. The monoisotopic (exact) mass is 428 g/mol. The van der Waals surface area contributed by atoms with Gasteiger partial charge in [-0.05, 0) is 42.8 Å². The summed E-state index contributed by atoms with van der Waals surface area (Å²) in [7, 11) is 0. The molecule has 0 saturated carbocycles. The lowest BCUT2D eigenvalue weighted by atomic mass is 10.2. The van der Waals surface area contributed by atoms with E-state index in [2.05, 4.69) is 25.4 Å². The first-order chi connectivity index (χ1) is 14.4. The molecular weight excluding hydrogens is 411 g/mol. The molecule has 0 atom stereocenters. The highest BCUT2D eigenvalue weighted by molar-refractivity contribution is 6.30. The molecule has 0 aliphatic heterocycles. The molecular formula is C20H18ClFN6O2. The van der Waals surface area contributed by atoms with Crippen molar-refractivity contribution >= 4 is 28.5 Å². The fourth-order valence-electron chi connectivity index (χ4n) is 3.11. The molecule has 0 spiro atoms. The van der Waals surface area contributed by atoms with Crippen molar-refractivity contribution in [3.05, 3.63) is 69.1 Å². The predicted molar refractivity (Wildman–Crippen MR) is 111 cm³/mol. The molecule has 10 heteroatoms. The van der Waals surface area contributed by atoms with Gasteiger partial charge >= 0.3 is 5.69 Å². The van der Waals surface area contributed by atoms with Crippen molar-refractivity contribution < 1.29 is 9.18 Å². The van der Waals surface area contributed by atoms with Gasteiger partial charge in [0.1, 0.15) is 11.6 Å². The summed E-state index contributed by atoms with van der Waals surface area (Å²) in [5, 5.41) is 7.22. The van der Waals surface area contributed by atoms with E-state index in [9.17, 15) is 14.0 Å². The molecule has 0 radical (unpaired) electrons. The van der Waals surface area contributed by atoms with Gasteiger partial charge in [-0.15, -0.1) is 0 Å². The van der Waals surface area contributed by atoms with E-state index < -0.39 is 5.82 Å². The molecule has 2 aromatic carbocycles. The summed E-state index contributed by atoms with van der Waals surface area (Å²) in [5.74, 6) is 0.0264. The first kappa shape index (κ1) is 19.8. The molecule has 0 unspecified atom stereocenters. The standard InChI is InChI=1S/C20H18ClFN6O2/c1-2-28-17(26-19(27-28)12-4-5-13(21)14(22)8-12)9-18(29)23-10-11-3-6-15-16(7-11)25-20(30)24-15/h3-8H,2,9-10H2,1H3,(H,23,29)(H2,24,25,30). The van der Waals surface area contributed by atoms with Crippen LogP contribution >= 0.6 is 11.6 Å². The fourth-order valence-corrected chi connectivity index (χ4v) is 3.23. The number of aromatic amines is 2. The van der Waals surface area contributed by atoms with Gasteiger partial charge in [0.15, 0.2) is 5.82 Å². The number of imidazole rings is 1. The first-order valence-corrected chi connectivity index (χ1v) is 9.67. The maximum atomic E-state index is 13.7. The predicted octanol–water partition coefficient (Wildman–Crippen LogP) is 2.79. The van der Waals surface area contributed by atoms with Crippen molar-refractivity contribution in [1.29, 1.82) is 0 Å². The van der Waals surface area contributed by atoms with Gasteiger partial charge in [-0.3, -0.25) is 4.79 Å². The van der Waals surface area contributed by atoms with Crippen molar-refractivity contribution in [2.24, 2.45) is 0 Å². The van der Waals surface area contributed by atoms with Crippen LogP contribution in [0.3, 0.4) is 0 Å². The second-order valence-electron chi connectivity index (χ2n) is 6.71. The molecule has 2 aromatic heterocycles. The quantitative estimate of drug-likeness (QED) is 0.438. The van der Waals surface area contributed by atoms with Gasteiger partial charge in [0.05, 0.1) is 22.5 Å². The molecule has 4 rings (SSSR count). The molecule has 3 N–H and O–H groups in total. The minimum atomic E-state index is -0.554. The van der Waals surface area contributed by atoms with E-state index in [1.807, 2.05) is 13.0 Å². The normalized spacial score (nSPS) is 11.2. The van der Waals surface area contributed by atoms with E-state index in [-0.39, 0.29) is 23.0 Å². The number of nitrogens with zero attached hydrogens (tertiary/aromatic N) is 3. The Morgan fingerprint density at radius 1 is 1.20 bits per heavy atom. The first-order valence-electron chi connectivity index (χ1n) is 9.29. The van der Waals surface area contributed by atoms with E-state index in [1.165, 1.54) is 12.1 Å². The van der Waals surface area contributed by atoms with E-state index >= 15 is 0 Å². The van der Waals surface area contributed by atoms with Gasteiger partial charge in [-0.2, -0.15) is 5.10 Å². The van der Waals surface area contributed by atoms with Crippen molar-refractivity contribution in [3.8, 4) is 11.4 Å². The number of benzene rings is 2. The summed E-state index contributed by atoms with van der Waals surface area (Å²) >= 11 is 5.73. The fraction of sp³-hybridized carbons (Fsp3) is 0.200. The molecule has 0 aliphatic rings. The Labute approximate surface area is 175 Å². The Kier molecular flexibility index (Phi) is 5.37. The number of carbonyl (C=O) groups excluding carboxylic acids is 1. The van der Waals surface area contributed by atoms with Crippen LogP contribution in [0, 0.1) is 5.82 Å². The van der Waals surface area contributed by atoms with Gasteiger partial charge in [0, 0.05) is 18.7 Å². The smallest absolute Gasteiger partial charge is 0.323 e. The maximum Gasteiger partial charge on any atom is 0.323 e. The van der Waals surface area contributed by atoms with Crippen LogP contribution in [0.25, 0.3) is 22.4 Å². The van der Waals surface area contributed by atoms with Gasteiger partial charge in [0.25, 0.3) is 0 Å². The molecule has 8 nitrogen and oxygen atoms in total. The summed E-state index contributed by atoms with van der Waals surface area (Å²) in [5.41, 5.74) is 2.44. The van der Waals surface area contributed by atoms with E-state index in [4.69, 9.17) is 11.6 Å². The number of aromatic nitrogens is 5. The van der Waals surface area contributed by atoms with Crippen LogP contribution < -0.4 is 11.0 Å². The van der Waals surface area contributed by atoms with Gasteiger partial charge in [0.2, 0.25) is 5.91 Å². The lowest BCUT2D eigenvalue weighted by Crippen LogP contribution is -2.26. The third kappa shape index (κ3) is 4.11. The molecule has 1 amide bonds. The molecule has 4 aromatic rings. The molecule has 30 heavy (non-hydrogen) atoms. The lowest BCUT2D eigenvalue weighted by Gasteiger charge is -2.06. The summed E-state index contributed by atoms with van der Waals surface area (Å²) in [4.78, 5) is 33.5. The third-order valence-corrected chi connectivity index (χ3v) is 4.92. The molecule has 0 aliphatic carbocycles. The summed E-state index contributed by atoms with van der Waals surface area (Å²) in [6.45, 7) is 2.70. The van der Waals surface area contributed by atoms with Crippen molar-refractivity contribution in [1.82, 2.24) is 30.0 Å². The number of hydrogen-bond donors (Lipinski definition) is 3. The Bertz CT molecular complexity index is 1290. The molecule has 0 fully saturated rings. The van der Waals surface area contributed by atoms with Gasteiger partial charge in [-0.1, -0.05) is 17.7 Å². The van der Waals surface area contributed by atoms with E-state index in [1.54, 1.807) is 22.9 Å². The van der Waals surface area contributed by atoms with Crippen LogP contribution in [0.5, 0.6) is 0 Å². The summed E-state index contributed by atoms with van der Waals surface area (Å²) < 4.78 is 15.4. The number of nitrogens with one attached hydrogen (secondary N) is 3. The number of amides is 1. The molecule has 2 heterocycles. The Morgan fingerprint density at radius 3 is 2.77 bits per heavy atom. The molecule has 0 saturated heterocycles. The molecule has 0 bridgehead atoms. The zero-order chi connectivity index (χ0) is 21.3. The topological polar surface area (TPSA) is 108 Å². The minimum absolute atomic E-state index is 0.0233. The van der Waals surface area contributed by atoms with Crippen LogP contribution in [0.15, 0.2) is 41.2 Å². The van der Waals surface area contributed by atoms with E-state index in [0.29, 0.717) is 41.3 Å². The Balaban J connectivity index is 1.46. The average molecular weight is 429 g/mol. The number of rotatable bonds is 6. The summed E-state index contributed by atoms with van der Waals surface area (Å²) in [6, 6.07) is 9.75. The Hall–Kier alpha value is -3.46. The zero-order valence-corrected chi connectivity index (χ0v) is 16.8. The van der Waals surface area contributed by atoms with Gasteiger partial charge in [-0.25, -0.2) is 18.9 Å². The maximum absolute atomic E-state index is 13.7.